The summed E-state index contributed by atoms with van der Waals surface area (Å²) in [6.07, 6.45) is 1.52. The van der Waals surface area contributed by atoms with E-state index in [1.807, 2.05) is 31.2 Å². The lowest BCUT2D eigenvalue weighted by Gasteiger charge is -2.09. The molecule has 0 saturated heterocycles. The van der Waals surface area contributed by atoms with Gasteiger partial charge in [-0.3, -0.25) is 14.4 Å². The average molecular weight is 362 g/mol. The van der Waals surface area contributed by atoms with Crippen LogP contribution in [0.15, 0.2) is 65.6 Å². The number of benzene rings is 2. The highest BCUT2D eigenvalue weighted by molar-refractivity contribution is 6.02. The molecular weight excluding hydrogens is 344 g/mol. The van der Waals surface area contributed by atoms with Crippen LogP contribution in [0.2, 0.25) is 0 Å². The molecule has 0 aliphatic heterocycles. The van der Waals surface area contributed by atoms with Crippen LogP contribution in [0.4, 0.5) is 11.4 Å². The van der Waals surface area contributed by atoms with Crippen LogP contribution in [-0.4, -0.2) is 21.6 Å². The fourth-order valence-corrected chi connectivity index (χ4v) is 2.44. The maximum Gasteiger partial charge on any atom is 0.280 e. The van der Waals surface area contributed by atoms with Crippen LogP contribution in [0, 0.1) is 6.92 Å². The number of carbonyl (C=O) groups is 2. The van der Waals surface area contributed by atoms with E-state index in [1.165, 1.54) is 23.9 Å². The van der Waals surface area contributed by atoms with E-state index in [-0.39, 0.29) is 11.6 Å². The highest BCUT2D eigenvalue weighted by Gasteiger charge is 2.14. The molecule has 0 radical (unpaired) electrons. The molecule has 0 saturated carbocycles. The maximum atomic E-state index is 12.5. The molecule has 0 unspecified atom stereocenters. The van der Waals surface area contributed by atoms with E-state index in [4.69, 9.17) is 0 Å². The monoisotopic (exact) mass is 362 g/mol. The number of anilines is 2. The molecule has 27 heavy (non-hydrogen) atoms. The minimum Gasteiger partial charge on any atom is -0.326 e. The summed E-state index contributed by atoms with van der Waals surface area (Å²) in [5.74, 6) is -0.786. The predicted octanol–water partition coefficient (Wildman–Crippen LogP) is 2.75. The Bertz CT molecular complexity index is 1040. The first-order chi connectivity index (χ1) is 12.9. The number of hydrogen-bond acceptors (Lipinski definition) is 4. The van der Waals surface area contributed by atoms with Gasteiger partial charge in [-0.2, -0.15) is 5.10 Å². The summed E-state index contributed by atoms with van der Waals surface area (Å²) in [5.41, 5.74) is 2.27. The average Bonchev–Trinajstić information content (AvgIpc) is 2.64. The van der Waals surface area contributed by atoms with Crippen LogP contribution in [0.1, 0.15) is 23.0 Å². The van der Waals surface area contributed by atoms with Crippen LogP contribution in [0.5, 0.6) is 0 Å². The molecule has 3 rings (SSSR count). The largest absolute Gasteiger partial charge is 0.326 e. The zero-order chi connectivity index (χ0) is 19.4. The molecule has 7 heteroatoms. The Morgan fingerprint density at radius 3 is 2.07 bits per heavy atom. The van der Waals surface area contributed by atoms with Crippen molar-refractivity contribution in [2.75, 3.05) is 10.6 Å². The van der Waals surface area contributed by atoms with Gasteiger partial charge in [0.25, 0.3) is 5.91 Å². The van der Waals surface area contributed by atoms with Gasteiger partial charge in [-0.1, -0.05) is 17.7 Å². The van der Waals surface area contributed by atoms with Crippen molar-refractivity contribution in [3.63, 3.8) is 0 Å². The number of carbonyl (C=O) groups excluding carboxylic acids is 2. The van der Waals surface area contributed by atoms with Gasteiger partial charge in [0.15, 0.2) is 5.69 Å². The Morgan fingerprint density at radius 2 is 1.48 bits per heavy atom. The lowest BCUT2D eigenvalue weighted by atomic mass is 10.2. The minimum absolute atomic E-state index is 0.183. The molecule has 7 nitrogen and oxygen atoms in total. The molecule has 2 aromatic carbocycles. The SMILES string of the molecule is CC(=O)Nc1ccc(NC(=O)c2nn(-c3ccc(C)cc3)ccc2=O)cc1. The van der Waals surface area contributed by atoms with Crippen LogP contribution < -0.4 is 16.1 Å². The first kappa shape index (κ1) is 18.1. The zero-order valence-corrected chi connectivity index (χ0v) is 14.9. The second-order valence-electron chi connectivity index (χ2n) is 6.02. The van der Waals surface area contributed by atoms with E-state index < -0.39 is 11.3 Å². The molecule has 0 spiro atoms. The Morgan fingerprint density at radius 1 is 0.889 bits per heavy atom. The van der Waals surface area contributed by atoms with E-state index in [2.05, 4.69) is 15.7 Å². The number of hydrogen-bond donors (Lipinski definition) is 2. The maximum absolute atomic E-state index is 12.5. The van der Waals surface area contributed by atoms with Crippen molar-refractivity contribution in [3.05, 3.63) is 82.3 Å². The molecule has 3 aromatic rings. The third-order valence-electron chi connectivity index (χ3n) is 3.78. The quantitative estimate of drug-likeness (QED) is 0.746. The summed E-state index contributed by atoms with van der Waals surface area (Å²) >= 11 is 0. The number of aryl methyl sites for hydroxylation is 1. The minimum atomic E-state index is -0.603. The van der Waals surface area contributed by atoms with Crippen LogP contribution in [0.25, 0.3) is 5.69 Å². The Hall–Kier alpha value is -3.74. The molecular formula is C20H18N4O3. The topological polar surface area (TPSA) is 93.1 Å². The van der Waals surface area contributed by atoms with Gasteiger partial charge >= 0.3 is 0 Å². The first-order valence-corrected chi connectivity index (χ1v) is 8.28. The van der Waals surface area contributed by atoms with Crippen LogP contribution in [-0.2, 0) is 4.79 Å². The predicted molar refractivity (Wildman–Crippen MR) is 103 cm³/mol. The molecule has 0 aliphatic carbocycles. The third-order valence-corrected chi connectivity index (χ3v) is 3.78. The van der Waals surface area contributed by atoms with Gasteiger partial charge in [-0.15, -0.1) is 0 Å². The molecule has 136 valence electrons. The smallest absolute Gasteiger partial charge is 0.280 e. The number of amides is 2. The molecule has 2 N–H and O–H groups in total. The molecule has 0 aliphatic rings. The van der Waals surface area contributed by atoms with Crippen molar-refractivity contribution in [3.8, 4) is 5.69 Å². The van der Waals surface area contributed by atoms with E-state index in [1.54, 1.807) is 24.3 Å². The van der Waals surface area contributed by atoms with Crippen molar-refractivity contribution in [1.82, 2.24) is 9.78 Å². The fraction of sp³-hybridized carbons (Fsp3) is 0.100. The first-order valence-electron chi connectivity index (χ1n) is 8.28. The van der Waals surface area contributed by atoms with Gasteiger partial charge in [0.05, 0.1) is 5.69 Å². The van der Waals surface area contributed by atoms with Crippen molar-refractivity contribution < 1.29 is 9.59 Å². The standard InChI is InChI=1S/C20H18N4O3/c1-13-3-9-17(10-4-13)24-12-11-18(26)19(23-24)20(27)22-16-7-5-15(6-8-16)21-14(2)25/h3-12H,1-2H3,(H,21,25)(H,22,27). The Balaban J connectivity index is 1.82. The highest BCUT2D eigenvalue weighted by atomic mass is 16.2. The summed E-state index contributed by atoms with van der Waals surface area (Å²) in [7, 11) is 0. The molecule has 0 bridgehead atoms. The molecule has 1 heterocycles. The van der Waals surface area contributed by atoms with E-state index >= 15 is 0 Å². The van der Waals surface area contributed by atoms with Gasteiger partial charge in [0, 0.05) is 30.6 Å². The molecule has 0 atom stereocenters. The van der Waals surface area contributed by atoms with E-state index in [9.17, 15) is 14.4 Å². The highest BCUT2D eigenvalue weighted by Crippen LogP contribution is 2.14. The zero-order valence-electron chi connectivity index (χ0n) is 14.9. The fourth-order valence-electron chi connectivity index (χ4n) is 2.44. The van der Waals surface area contributed by atoms with Crippen LogP contribution in [0.3, 0.4) is 0 Å². The van der Waals surface area contributed by atoms with Gasteiger partial charge in [-0.05, 0) is 43.3 Å². The Kier molecular flexibility index (Phi) is 5.12. The molecule has 0 fully saturated rings. The van der Waals surface area contributed by atoms with E-state index in [0.717, 1.165) is 11.3 Å². The number of rotatable bonds is 4. The summed E-state index contributed by atoms with van der Waals surface area (Å²) in [5, 5.41) is 9.44. The van der Waals surface area contributed by atoms with Gasteiger partial charge in [0.1, 0.15) is 0 Å². The second-order valence-corrected chi connectivity index (χ2v) is 6.02. The molecule has 1 aromatic heterocycles. The number of nitrogens with zero attached hydrogens (tertiary/aromatic N) is 2. The van der Waals surface area contributed by atoms with Gasteiger partial charge in [-0.25, -0.2) is 4.68 Å². The molecule has 2 amide bonds. The van der Waals surface area contributed by atoms with Crippen molar-refractivity contribution >= 4 is 23.2 Å². The third kappa shape index (κ3) is 4.46. The van der Waals surface area contributed by atoms with E-state index in [0.29, 0.717) is 11.4 Å². The summed E-state index contributed by atoms with van der Waals surface area (Å²) in [4.78, 5) is 35.6. The summed E-state index contributed by atoms with van der Waals surface area (Å²) < 4.78 is 1.48. The summed E-state index contributed by atoms with van der Waals surface area (Å²) in [6.45, 7) is 3.38. The lowest BCUT2D eigenvalue weighted by molar-refractivity contribution is -0.114. The normalized spacial score (nSPS) is 10.3. The lowest BCUT2D eigenvalue weighted by Crippen LogP contribution is -2.25. The van der Waals surface area contributed by atoms with Crippen LogP contribution >= 0.6 is 0 Å². The van der Waals surface area contributed by atoms with Crippen molar-refractivity contribution in [2.45, 2.75) is 13.8 Å². The number of nitrogens with one attached hydrogen (secondary N) is 2. The Labute approximate surface area is 155 Å². The van der Waals surface area contributed by atoms with Gasteiger partial charge < -0.3 is 10.6 Å². The summed E-state index contributed by atoms with van der Waals surface area (Å²) in [6, 6.07) is 15.4. The van der Waals surface area contributed by atoms with Crippen molar-refractivity contribution in [2.24, 2.45) is 0 Å². The number of aromatic nitrogens is 2. The second kappa shape index (κ2) is 7.65. The van der Waals surface area contributed by atoms with Gasteiger partial charge in [0.2, 0.25) is 11.3 Å². The van der Waals surface area contributed by atoms with Crippen molar-refractivity contribution in [1.29, 1.82) is 0 Å².